The zero-order valence-corrected chi connectivity index (χ0v) is 14.0. The van der Waals surface area contributed by atoms with Gasteiger partial charge < -0.3 is 25.7 Å². The molecule has 7 heteroatoms. The van der Waals surface area contributed by atoms with Crippen LogP contribution in [0.5, 0.6) is 5.75 Å². The summed E-state index contributed by atoms with van der Waals surface area (Å²) in [6.45, 7) is 0. The van der Waals surface area contributed by atoms with Crippen molar-refractivity contribution in [1.82, 2.24) is 4.98 Å². The molecule has 3 rings (SSSR count). The maximum Gasteiger partial charge on any atom is 0.414 e. The number of H-pyrrole nitrogens is 1. The Kier molecular flexibility index (Phi) is 6.00. The first kappa shape index (κ1) is 18.6. The van der Waals surface area contributed by atoms with E-state index in [-0.39, 0.29) is 0 Å². The van der Waals surface area contributed by atoms with Crippen LogP contribution in [0.15, 0.2) is 48.7 Å². The molecule has 0 fully saturated rings. The third-order valence-electron chi connectivity index (χ3n) is 3.48. The second-order valence-corrected chi connectivity index (χ2v) is 5.27. The minimum Gasteiger partial charge on any atom is -0.495 e. The summed E-state index contributed by atoms with van der Waals surface area (Å²) in [6.07, 6.45) is 6.07. The summed E-state index contributed by atoms with van der Waals surface area (Å²) < 4.78 is 5.15. The van der Waals surface area contributed by atoms with Crippen LogP contribution in [-0.4, -0.2) is 34.2 Å². The van der Waals surface area contributed by atoms with Crippen LogP contribution in [0, 0.1) is 0 Å². The van der Waals surface area contributed by atoms with Gasteiger partial charge in [0.15, 0.2) is 0 Å². The number of methoxy groups -OCH3 is 1. The molecule has 0 spiro atoms. The van der Waals surface area contributed by atoms with Crippen molar-refractivity contribution in [2.45, 2.75) is 0 Å². The third kappa shape index (κ3) is 4.88. The van der Waals surface area contributed by atoms with Gasteiger partial charge >= 0.3 is 11.9 Å². The highest BCUT2D eigenvalue weighted by Crippen LogP contribution is 2.23. The molecule has 2 aromatic carbocycles. The topological polar surface area (TPSA) is 126 Å². The summed E-state index contributed by atoms with van der Waals surface area (Å²) in [5.41, 5.74) is 9.91. The number of nitrogen functional groups attached to an aromatic ring is 1. The van der Waals surface area contributed by atoms with Crippen molar-refractivity contribution in [1.29, 1.82) is 0 Å². The van der Waals surface area contributed by atoms with Crippen LogP contribution in [0.25, 0.3) is 23.1 Å². The minimum absolute atomic E-state index is 0.649. The lowest BCUT2D eigenvalue weighted by atomic mass is 10.1. The number of carbonyl (C=O) groups is 2. The van der Waals surface area contributed by atoms with Crippen molar-refractivity contribution in [3.63, 3.8) is 0 Å². The number of carboxylic acids is 2. The molecule has 0 atom stereocenters. The molecule has 1 heterocycles. The summed E-state index contributed by atoms with van der Waals surface area (Å²) in [5, 5.41) is 16.0. The van der Waals surface area contributed by atoms with Gasteiger partial charge in [0.1, 0.15) is 5.75 Å². The molecule has 5 N–H and O–H groups in total. The van der Waals surface area contributed by atoms with Crippen molar-refractivity contribution in [2.75, 3.05) is 12.8 Å². The fourth-order valence-corrected chi connectivity index (χ4v) is 2.22. The summed E-state index contributed by atoms with van der Waals surface area (Å²) in [7, 11) is 1.62. The van der Waals surface area contributed by atoms with Gasteiger partial charge in [0.2, 0.25) is 0 Å². The normalized spacial score (nSPS) is 10.3. The minimum atomic E-state index is -1.82. The average molecular weight is 354 g/mol. The molecule has 0 bridgehead atoms. The quantitative estimate of drug-likeness (QED) is 0.325. The fourth-order valence-electron chi connectivity index (χ4n) is 2.22. The van der Waals surface area contributed by atoms with Crippen LogP contribution >= 0.6 is 0 Å². The number of hydrogen-bond acceptors (Lipinski definition) is 4. The zero-order valence-electron chi connectivity index (χ0n) is 14.0. The van der Waals surface area contributed by atoms with E-state index < -0.39 is 11.9 Å². The lowest BCUT2D eigenvalue weighted by molar-refractivity contribution is -0.159. The Balaban J connectivity index is 0.000000352. The van der Waals surface area contributed by atoms with E-state index in [1.165, 1.54) is 5.39 Å². The van der Waals surface area contributed by atoms with Crippen LogP contribution < -0.4 is 10.5 Å². The van der Waals surface area contributed by atoms with E-state index in [0.29, 0.717) is 11.4 Å². The largest absolute Gasteiger partial charge is 0.495 e. The number of ether oxygens (including phenoxy) is 1. The predicted octanol–water partition coefficient (Wildman–Crippen LogP) is 3.08. The molecule has 26 heavy (non-hydrogen) atoms. The average Bonchev–Trinajstić information content (AvgIpc) is 3.08. The lowest BCUT2D eigenvalue weighted by Crippen LogP contribution is -2.09. The highest BCUT2D eigenvalue weighted by molar-refractivity contribution is 6.27. The van der Waals surface area contributed by atoms with Gasteiger partial charge in [-0.2, -0.15) is 0 Å². The van der Waals surface area contributed by atoms with Crippen molar-refractivity contribution < 1.29 is 24.5 Å². The molecule has 134 valence electrons. The Morgan fingerprint density at radius 1 is 1.00 bits per heavy atom. The number of rotatable bonds is 3. The Bertz CT molecular complexity index is 947. The molecule has 0 aliphatic carbocycles. The highest BCUT2D eigenvalue weighted by Gasteiger charge is 2.04. The maximum absolute atomic E-state index is 9.10. The first-order valence-corrected chi connectivity index (χ1v) is 7.55. The summed E-state index contributed by atoms with van der Waals surface area (Å²) in [6, 6.07) is 14.2. The number of nitrogens with one attached hydrogen (secondary N) is 1. The molecule has 0 saturated carbocycles. The van der Waals surface area contributed by atoms with Gasteiger partial charge in [-0.3, -0.25) is 0 Å². The molecular weight excluding hydrogens is 336 g/mol. The fraction of sp³-hybridized carbons (Fsp3) is 0.0526. The van der Waals surface area contributed by atoms with Crippen molar-refractivity contribution in [3.05, 3.63) is 59.8 Å². The van der Waals surface area contributed by atoms with Gasteiger partial charge in [0, 0.05) is 11.7 Å². The van der Waals surface area contributed by atoms with Crippen molar-refractivity contribution in [3.8, 4) is 5.75 Å². The van der Waals surface area contributed by atoms with Crippen LogP contribution in [0.2, 0.25) is 0 Å². The standard InChI is InChI=1S/C17H16N2O.C2H2O4/c1-20-17-7-5-13(11-15(17)18)3-2-12-4-6-16-14(10-12)8-9-19-16;3-1(4)2(5)6/h2-11,19H,18H2,1H3;(H,3,4)(H,5,6)/b3-2-;. The first-order chi connectivity index (χ1) is 12.4. The first-order valence-electron chi connectivity index (χ1n) is 7.55. The van der Waals surface area contributed by atoms with Gasteiger partial charge in [-0.05, 0) is 46.8 Å². The van der Waals surface area contributed by atoms with Crippen LogP contribution in [0.3, 0.4) is 0 Å². The zero-order chi connectivity index (χ0) is 19.1. The predicted molar refractivity (Wildman–Crippen MR) is 99.9 cm³/mol. The molecule has 7 nitrogen and oxygen atoms in total. The van der Waals surface area contributed by atoms with Gasteiger partial charge in [-0.15, -0.1) is 0 Å². The molecule has 0 amide bonds. The summed E-state index contributed by atoms with van der Waals surface area (Å²) >= 11 is 0. The number of aliphatic carboxylic acids is 2. The Morgan fingerprint density at radius 2 is 1.62 bits per heavy atom. The van der Waals surface area contributed by atoms with E-state index in [1.54, 1.807) is 7.11 Å². The maximum atomic E-state index is 9.10. The molecule has 0 radical (unpaired) electrons. The number of nitrogens with two attached hydrogens (primary N) is 1. The Labute approximate surface area is 149 Å². The van der Waals surface area contributed by atoms with Gasteiger partial charge in [0.05, 0.1) is 12.8 Å². The molecule has 0 unspecified atom stereocenters. The van der Waals surface area contributed by atoms with E-state index >= 15 is 0 Å². The smallest absolute Gasteiger partial charge is 0.414 e. The second kappa shape index (κ2) is 8.39. The van der Waals surface area contributed by atoms with Gasteiger partial charge in [-0.1, -0.05) is 24.3 Å². The number of hydrogen-bond donors (Lipinski definition) is 4. The van der Waals surface area contributed by atoms with E-state index in [0.717, 1.165) is 16.6 Å². The number of aromatic amines is 1. The molecular formula is C19H18N2O5. The van der Waals surface area contributed by atoms with E-state index in [1.807, 2.05) is 30.5 Å². The van der Waals surface area contributed by atoms with Crippen LogP contribution in [0.4, 0.5) is 5.69 Å². The van der Waals surface area contributed by atoms with Crippen LogP contribution in [0.1, 0.15) is 11.1 Å². The Morgan fingerprint density at radius 3 is 2.19 bits per heavy atom. The number of carboxylic acid groups (broad SMARTS) is 2. The van der Waals surface area contributed by atoms with E-state index in [9.17, 15) is 0 Å². The Hall–Kier alpha value is -3.74. The molecule has 1 aromatic heterocycles. The lowest BCUT2D eigenvalue weighted by Gasteiger charge is -2.04. The molecule has 0 saturated heterocycles. The van der Waals surface area contributed by atoms with Crippen molar-refractivity contribution in [2.24, 2.45) is 0 Å². The number of anilines is 1. The number of fused-ring (bicyclic) bond motifs is 1. The van der Waals surface area contributed by atoms with E-state index in [4.69, 9.17) is 30.3 Å². The third-order valence-corrected chi connectivity index (χ3v) is 3.48. The monoisotopic (exact) mass is 354 g/mol. The van der Waals surface area contributed by atoms with E-state index in [2.05, 4.69) is 35.3 Å². The summed E-state index contributed by atoms with van der Waals surface area (Å²) in [5.74, 6) is -2.94. The molecule has 0 aliphatic rings. The molecule has 0 aliphatic heterocycles. The molecule has 3 aromatic rings. The van der Waals surface area contributed by atoms with Crippen LogP contribution in [-0.2, 0) is 9.59 Å². The van der Waals surface area contributed by atoms with Gasteiger partial charge in [0.25, 0.3) is 0 Å². The summed E-state index contributed by atoms with van der Waals surface area (Å²) in [4.78, 5) is 21.4. The number of aromatic nitrogens is 1. The highest BCUT2D eigenvalue weighted by atomic mass is 16.5. The SMILES string of the molecule is COc1ccc(/C=C\c2ccc3[nH]ccc3c2)cc1N.O=C(O)C(=O)O. The number of benzene rings is 2. The van der Waals surface area contributed by atoms with Crippen molar-refractivity contribution >= 4 is 40.7 Å². The second-order valence-electron chi connectivity index (χ2n) is 5.27. The van der Waals surface area contributed by atoms with Gasteiger partial charge in [-0.25, -0.2) is 9.59 Å².